The van der Waals surface area contributed by atoms with Crippen molar-refractivity contribution < 1.29 is 36.7 Å². The minimum absolute atomic E-state index is 0.00453. The molecule has 1 unspecified atom stereocenters. The Bertz CT molecular complexity index is 1500. The topological polar surface area (TPSA) is 88.6 Å². The molecule has 3 fully saturated rings. The average Bonchev–Trinajstić information content (AvgIpc) is 2.91. The lowest BCUT2D eigenvalue weighted by Gasteiger charge is -2.71. The van der Waals surface area contributed by atoms with Gasteiger partial charge in [-0.05, 0) is 55.2 Å². The zero-order valence-electron chi connectivity index (χ0n) is 21.8. The third-order valence-corrected chi connectivity index (χ3v) is 8.04. The van der Waals surface area contributed by atoms with Crippen LogP contribution in [0, 0.1) is 11.2 Å². The maximum absolute atomic E-state index is 14.5. The molecule has 1 atom stereocenters. The van der Waals surface area contributed by atoms with Gasteiger partial charge in [-0.25, -0.2) is 14.2 Å². The van der Waals surface area contributed by atoms with Crippen molar-refractivity contribution in [3.8, 4) is 0 Å². The van der Waals surface area contributed by atoms with Crippen molar-refractivity contribution in [1.82, 2.24) is 9.88 Å². The first kappa shape index (κ1) is 29.8. The molecule has 1 N–H and O–H groups in total. The van der Waals surface area contributed by atoms with Crippen LogP contribution in [0.2, 0.25) is 5.02 Å². The number of rotatable bonds is 9. The SMILES string of the molecule is O=C(OC12CC(C(C(=O)Nc3ncc(Cl)cc3F)N(Cc3ccc(C(F)(F)F)cc3)C(=O)CCl)(C1)C2)c1ccccc1. The summed E-state index contributed by atoms with van der Waals surface area (Å²) in [6.07, 6.45) is -2.73. The number of nitrogens with one attached hydrogen (secondary N) is 1. The van der Waals surface area contributed by atoms with Crippen LogP contribution in [-0.2, 0) is 27.0 Å². The number of hydrogen-bond donors (Lipinski definition) is 1. The fourth-order valence-electron chi connectivity index (χ4n) is 5.84. The summed E-state index contributed by atoms with van der Waals surface area (Å²) in [4.78, 5) is 44.6. The second-order valence-electron chi connectivity index (χ2n) is 10.6. The lowest BCUT2D eigenvalue weighted by Crippen LogP contribution is -2.77. The van der Waals surface area contributed by atoms with Crippen LogP contribution < -0.4 is 5.32 Å². The van der Waals surface area contributed by atoms with E-state index < -0.39 is 64.1 Å². The highest BCUT2D eigenvalue weighted by Gasteiger charge is 2.75. The molecule has 0 spiro atoms. The molecule has 13 heteroatoms. The fraction of sp³-hybridized carbons (Fsp3) is 0.310. The average molecular weight is 624 g/mol. The third kappa shape index (κ3) is 5.80. The van der Waals surface area contributed by atoms with Crippen molar-refractivity contribution in [3.05, 3.63) is 94.4 Å². The van der Waals surface area contributed by atoms with E-state index in [2.05, 4.69) is 10.3 Å². The van der Waals surface area contributed by atoms with Gasteiger partial charge < -0.3 is 15.0 Å². The van der Waals surface area contributed by atoms with E-state index in [0.717, 1.165) is 24.4 Å². The van der Waals surface area contributed by atoms with Crippen molar-refractivity contribution in [2.24, 2.45) is 5.41 Å². The zero-order chi connectivity index (χ0) is 30.3. The first-order valence-electron chi connectivity index (χ1n) is 12.8. The molecule has 7 nitrogen and oxygen atoms in total. The van der Waals surface area contributed by atoms with Crippen molar-refractivity contribution in [1.29, 1.82) is 0 Å². The van der Waals surface area contributed by atoms with Gasteiger partial charge in [0.25, 0.3) is 0 Å². The number of pyridine rings is 1. The van der Waals surface area contributed by atoms with E-state index in [9.17, 15) is 31.9 Å². The second kappa shape index (κ2) is 11.2. The quantitative estimate of drug-likeness (QED) is 0.173. The first-order chi connectivity index (χ1) is 19.8. The Kier molecular flexibility index (Phi) is 7.93. The Balaban J connectivity index is 1.42. The number of hydrogen-bond acceptors (Lipinski definition) is 5. The number of carbonyl (C=O) groups excluding carboxylic acids is 3. The third-order valence-electron chi connectivity index (χ3n) is 7.60. The van der Waals surface area contributed by atoms with Crippen LogP contribution in [0.3, 0.4) is 0 Å². The van der Waals surface area contributed by atoms with Crippen molar-refractivity contribution >= 4 is 46.8 Å². The summed E-state index contributed by atoms with van der Waals surface area (Å²) in [5, 5.41) is 2.42. The van der Waals surface area contributed by atoms with Gasteiger partial charge in [-0.1, -0.05) is 41.9 Å². The Hall–Kier alpha value is -3.70. The zero-order valence-corrected chi connectivity index (χ0v) is 23.3. The molecule has 1 aromatic heterocycles. The number of ether oxygens (including phenoxy) is 1. The number of benzene rings is 2. The first-order valence-corrected chi connectivity index (χ1v) is 13.7. The van der Waals surface area contributed by atoms with Gasteiger partial charge in [0.15, 0.2) is 11.6 Å². The van der Waals surface area contributed by atoms with Crippen LogP contribution in [0.25, 0.3) is 0 Å². The predicted molar refractivity (Wildman–Crippen MR) is 145 cm³/mol. The molecule has 3 aromatic rings. The number of halogens is 6. The minimum atomic E-state index is -4.56. The van der Waals surface area contributed by atoms with Gasteiger partial charge >= 0.3 is 12.1 Å². The molecular formula is C29H23Cl2F4N3O4. The lowest BCUT2D eigenvalue weighted by atomic mass is 9.38. The van der Waals surface area contributed by atoms with Gasteiger partial charge in [-0.3, -0.25) is 9.59 Å². The summed E-state index contributed by atoms with van der Waals surface area (Å²) in [6.45, 7) is -0.253. The van der Waals surface area contributed by atoms with Crippen molar-refractivity contribution in [2.45, 2.75) is 43.6 Å². The molecule has 0 saturated heterocycles. The van der Waals surface area contributed by atoms with Gasteiger partial charge in [0, 0.05) is 18.2 Å². The van der Waals surface area contributed by atoms with Crippen LogP contribution in [0.15, 0.2) is 66.9 Å². The maximum Gasteiger partial charge on any atom is 0.416 e. The van der Waals surface area contributed by atoms with Gasteiger partial charge in [0.1, 0.15) is 17.5 Å². The molecule has 3 saturated carbocycles. The van der Waals surface area contributed by atoms with Gasteiger partial charge in [-0.2, -0.15) is 13.2 Å². The summed E-state index contributed by atoms with van der Waals surface area (Å²) < 4.78 is 59.6. The Morgan fingerprint density at radius 2 is 1.69 bits per heavy atom. The molecule has 2 aromatic carbocycles. The summed E-state index contributed by atoms with van der Waals surface area (Å²) in [5.41, 5.74) is -1.92. The number of aromatic nitrogens is 1. The molecule has 3 aliphatic carbocycles. The molecule has 2 bridgehead atoms. The maximum atomic E-state index is 14.5. The number of alkyl halides is 4. The number of amides is 2. The van der Waals surface area contributed by atoms with Crippen molar-refractivity contribution in [2.75, 3.05) is 11.2 Å². The van der Waals surface area contributed by atoms with Crippen LogP contribution in [-0.4, -0.2) is 45.2 Å². The van der Waals surface area contributed by atoms with E-state index in [0.29, 0.717) is 11.1 Å². The largest absolute Gasteiger partial charge is 0.455 e. The monoisotopic (exact) mass is 623 g/mol. The minimum Gasteiger partial charge on any atom is -0.455 e. The van der Waals surface area contributed by atoms with Gasteiger partial charge in [0.05, 0.1) is 16.1 Å². The van der Waals surface area contributed by atoms with E-state index in [-0.39, 0.29) is 30.8 Å². The van der Waals surface area contributed by atoms with E-state index in [1.165, 1.54) is 17.0 Å². The highest BCUT2D eigenvalue weighted by atomic mass is 35.5. The van der Waals surface area contributed by atoms with Crippen LogP contribution in [0.5, 0.6) is 0 Å². The number of nitrogens with zero attached hydrogens (tertiary/aromatic N) is 2. The summed E-state index contributed by atoms with van der Waals surface area (Å²) in [6, 6.07) is 12.3. The smallest absolute Gasteiger partial charge is 0.416 e. The molecule has 1 heterocycles. The Labute approximate surface area is 247 Å². The molecular weight excluding hydrogens is 601 g/mol. The molecule has 0 radical (unpaired) electrons. The molecule has 3 aliphatic rings. The Morgan fingerprint density at radius 1 is 1.05 bits per heavy atom. The van der Waals surface area contributed by atoms with E-state index >= 15 is 0 Å². The highest BCUT2D eigenvalue weighted by Crippen LogP contribution is 2.71. The summed E-state index contributed by atoms with van der Waals surface area (Å²) in [5.74, 6) is -3.83. The summed E-state index contributed by atoms with van der Waals surface area (Å²) in [7, 11) is 0. The number of esters is 1. The summed E-state index contributed by atoms with van der Waals surface area (Å²) >= 11 is 11.7. The van der Waals surface area contributed by atoms with Gasteiger partial charge in [-0.15, -0.1) is 11.6 Å². The molecule has 6 rings (SSSR count). The van der Waals surface area contributed by atoms with E-state index in [4.69, 9.17) is 27.9 Å². The van der Waals surface area contributed by atoms with E-state index in [1.54, 1.807) is 30.3 Å². The molecule has 2 amide bonds. The van der Waals surface area contributed by atoms with Crippen molar-refractivity contribution in [3.63, 3.8) is 0 Å². The van der Waals surface area contributed by atoms with Crippen LogP contribution in [0.1, 0.15) is 40.7 Å². The predicted octanol–water partition coefficient (Wildman–Crippen LogP) is 6.25. The fourth-order valence-corrected chi connectivity index (χ4v) is 6.13. The molecule has 42 heavy (non-hydrogen) atoms. The van der Waals surface area contributed by atoms with Gasteiger partial charge in [0.2, 0.25) is 11.8 Å². The Morgan fingerprint density at radius 3 is 2.26 bits per heavy atom. The number of anilines is 1. The standard InChI is InChI=1S/C29H23Cl2F4N3O4/c30-11-22(39)38(13-17-6-8-19(9-7-17)29(33,34)35)23(25(40)37-24-21(32)10-20(31)12-36-24)27-14-28(15-27,16-27)42-26(41)18-4-2-1-3-5-18/h1-10,12,23H,11,13-16H2,(H,36,37,40). The van der Waals surface area contributed by atoms with Crippen LogP contribution >= 0.6 is 23.2 Å². The second-order valence-corrected chi connectivity index (χ2v) is 11.3. The number of carbonyl (C=O) groups is 3. The lowest BCUT2D eigenvalue weighted by molar-refractivity contribution is -0.277. The highest BCUT2D eigenvalue weighted by molar-refractivity contribution is 6.30. The van der Waals surface area contributed by atoms with E-state index in [1.807, 2.05) is 0 Å². The molecule has 220 valence electrons. The molecule has 0 aliphatic heterocycles. The van der Waals surface area contributed by atoms with Crippen LogP contribution in [0.4, 0.5) is 23.4 Å². The normalized spacial score (nSPS) is 21.4.